The van der Waals surface area contributed by atoms with Crippen molar-refractivity contribution in [2.24, 2.45) is 0 Å². The molecule has 0 spiro atoms. The van der Waals surface area contributed by atoms with E-state index in [0.29, 0.717) is 16.8 Å². The number of fused-ring (bicyclic) bond motifs is 1. The molecule has 1 heterocycles. The molecule has 78 valence electrons. The minimum absolute atomic E-state index is 0.502. The molecule has 0 saturated heterocycles. The zero-order valence-electron chi connectivity index (χ0n) is 8.92. The Bertz CT molecular complexity index is 529. The molecule has 4 heteroatoms. The van der Waals surface area contributed by atoms with Crippen molar-refractivity contribution < 1.29 is 9.53 Å². The van der Waals surface area contributed by atoms with Gasteiger partial charge in [0.2, 0.25) is 0 Å². The summed E-state index contributed by atoms with van der Waals surface area (Å²) in [5.74, 6) is 1.37. The summed E-state index contributed by atoms with van der Waals surface area (Å²) in [6.45, 7) is 3.82. The molecule has 0 fully saturated rings. The molecule has 0 amide bonds. The number of methoxy groups -OCH3 is 1. The molecule has 0 bridgehead atoms. The van der Waals surface area contributed by atoms with Crippen LogP contribution in [-0.4, -0.2) is 23.4 Å². The molecule has 1 N–H and O–H groups in total. The number of aryl methyl sites for hydroxylation is 2. The molecule has 1 aromatic heterocycles. The number of rotatable bonds is 2. The molecule has 0 unspecified atom stereocenters. The predicted molar refractivity (Wildman–Crippen MR) is 57.5 cm³/mol. The minimum atomic E-state index is 0.502. The summed E-state index contributed by atoms with van der Waals surface area (Å²) in [6.07, 6.45) is 0.779. The van der Waals surface area contributed by atoms with Crippen LogP contribution in [0, 0.1) is 13.8 Å². The van der Waals surface area contributed by atoms with Gasteiger partial charge in [-0.2, -0.15) is 0 Å². The van der Waals surface area contributed by atoms with Gasteiger partial charge in [0.05, 0.1) is 18.2 Å². The highest BCUT2D eigenvalue weighted by Gasteiger charge is 2.13. The van der Waals surface area contributed by atoms with Crippen molar-refractivity contribution in [3.8, 4) is 5.75 Å². The fourth-order valence-corrected chi connectivity index (χ4v) is 1.72. The maximum Gasteiger partial charge on any atom is 0.156 e. The van der Waals surface area contributed by atoms with E-state index in [1.165, 1.54) is 0 Å². The number of H-pyrrole nitrogens is 1. The number of aromatic amines is 1. The summed E-state index contributed by atoms with van der Waals surface area (Å²) in [5, 5.41) is 0. The lowest BCUT2D eigenvalue weighted by atomic mass is 10.1. The monoisotopic (exact) mass is 204 g/mol. The van der Waals surface area contributed by atoms with Crippen molar-refractivity contribution in [1.29, 1.82) is 0 Å². The lowest BCUT2D eigenvalue weighted by Crippen LogP contribution is -1.93. The van der Waals surface area contributed by atoms with Gasteiger partial charge in [-0.25, -0.2) is 4.98 Å². The number of hydrogen-bond acceptors (Lipinski definition) is 3. The highest BCUT2D eigenvalue weighted by Crippen LogP contribution is 2.27. The largest absolute Gasteiger partial charge is 0.496 e. The molecule has 1 aromatic carbocycles. The molecule has 0 aliphatic rings. The van der Waals surface area contributed by atoms with Gasteiger partial charge in [-0.05, 0) is 25.5 Å². The Morgan fingerprint density at radius 1 is 1.47 bits per heavy atom. The van der Waals surface area contributed by atoms with E-state index in [1.54, 1.807) is 7.11 Å². The van der Waals surface area contributed by atoms with E-state index in [1.807, 2.05) is 19.9 Å². The number of nitrogens with zero attached hydrogens (tertiary/aromatic N) is 1. The number of aromatic nitrogens is 2. The highest BCUT2D eigenvalue weighted by molar-refractivity contribution is 5.98. The topological polar surface area (TPSA) is 55.0 Å². The molecule has 2 aromatic rings. The molecule has 4 nitrogen and oxygen atoms in total. The van der Waals surface area contributed by atoms with E-state index in [-0.39, 0.29) is 0 Å². The van der Waals surface area contributed by atoms with Crippen LogP contribution < -0.4 is 4.74 Å². The molecular weight excluding hydrogens is 192 g/mol. The third-order valence-corrected chi connectivity index (χ3v) is 2.42. The summed E-state index contributed by atoms with van der Waals surface area (Å²) in [5.41, 5.74) is 3.10. The van der Waals surface area contributed by atoms with Gasteiger partial charge in [0, 0.05) is 0 Å². The Kier molecular flexibility index (Phi) is 2.19. The zero-order valence-corrected chi connectivity index (χ0v) is 8.92. The smallest absolute Gasteiger partial charge is 0.156 e. The molecular formula is C11H12N2O2. The first-order chi connectivity index (χ1) is 7.17. The van der Waals surface area contributed by atoms with E-state index >= 15 is 0 Å². The standard InChI is InChI=1S/C11H12N2O2/c1-6-4-9(15-3)8(5-14)11-10(6)12-7(2)13-11/h4-5H,1-3H3,(H,12,13). The second-order valence-electron chi connectivity index (χ2n) is 3.47. The van der Waals surface area contributed by atoms with Crippen LogP contribution in [0.4, 0.5) is 0 Å². The number of carbonyl (C=O) groups is 1. The third-order valence-electron chi connectivity index (χ3n) is 2.42. The van der Waals surface area contributed by atoms with Crippen LogP contribution in [-0.2, 0) is 0 Å². The number of hydrogen-bond donors (Lipinski definition) is 1. The second-order valence-corrected chi connectivity index (χ2v) is 3.47. The van der Waals surface area contributed by atoms with Crippen molar-refractivity contribution in [3.63, 3.8) is 0 Å². The van der Waals surface area contributed by atoms with Crippen LogP contribution in [0.3, 0.4) is 0 Å². The third kappa shape index (κ3) is 1.38. The van der Waals surface area contributed by atoms with Gasteiger partial charge in [-0.3, -0.25) is 4.79 Å². The normalized spacial score (nSPS) is 10.6. The van der Waals surface area contributed by atoms with Gasteiger partial charge in [0.1, 0.15) is 17.1 Å². The average molecular weight is 204 g/mol. The van der Waals surface area contributed by atoms with Crippen LogP contribution in [0.25, 0.3) is 11.0 Å². The van der Waals surface area contributed by atoms with Crippen molar-refractivity contribution in [2.75, 3.05) is 7.11 Å². The number of ether oxygens (including phenoxy) is 1. The van der Waals surface area contributed by atoms with Crippen molar-refractivity contribution in [1.82, 2.24) is 9.97 Å². The zero-order chi connectivity index (χ0) is 11.0. The fraction of sp³-hybridized carbons (Fsp3) is 0.273. The predicted octanol–water partition coefficient (Wildman–Crippen LogP) is 2.00. The van der Waals surface area contributed by atoms with E-state index in [0.717, 1.165) is 23.2 Å². The van der Waals surface area contributed by atoms with Crippen LogP contribution in [0.15, 0.2) is 6.07 Å². The van der Waals surface area contributed by atoms with Crippen molar-refractivity contribution >= 4 is 17.3 Å². The summed E-state index contributed by atoms with van der Waals surface area (Å²) >= 11 is 0. The molecule has 0 aliphatic carbocycles. The van der Waals surface area contributed by atoms with E-state index in [9.17, 15) is 4.79 Å². The number of carbonyl (C=O) groups excluding carboxylic acids is 1. The first-order valence-corrected chi connectivity index (χ1v) is 4.66. The fourth-order valence-electron chi connectivity index (χ4n) is 1.72. The number of benzene rings is 1. The number of aldehydes is 1. The summed E-state index contributed by atoms with van der Waals surface area (Å²) in [7, 11) is 1.55. The van der Waals surface area contributed by atoms with Crippen molar-refractivity contribution in [2.45, 2.75) is 13.8 Å². The van der Waals surface area contributed by atoms with E-state index < -0.39 is 0 Å². The molecule has 0 atom stereocenters. The highest BCUT2D eigenvalue weighted by atomic mass is 16.5. The lowest BCUT2D eigenvalue weighted by molar-refractivity contribution is 0.112. The van der Waals surface area contributed by atoms with E-state index in [2.05, 4.69) is 9.97 Å². The summed E-state index contributed by atoms with van der Waals surface area (Å²) in [4.78, 5) is 18.4. The van der Waals surface area contributed by atoms with Crippen LogP contribution >= 0.6 is 0 Å². The number of nitrogens with one attached hydrogen (secondary N) is 1. The van der Waals surface area contributed by atoms with Gasteiger partial charge in [0.15, 0.2) is 6.29 Å². The Balaban J connectivity index is 2.90. The Morgan fingerprint density at radius 2 is 2.20 bits per heavy atom. The van der Waals surface area contributed by atoms with Gasteiger partial charge < -0.3 is 9.72 Å². The Morgan fingerprint density at radius 3 is 2.80 bits per heavy atom. The van der Waals surface area contributed by atoms with Gasteiger partial charge in [-0.1, -0.05) is 0 Å². The molecule has 15 heavy (non-hydrogen) atoms. The average Bonchev–Trinajstić information content (AvgIpc) is 2.60. The molecule has 0 radical (unpaired) electrons. The van der Waals surface area contributed by atoms with Gasteiger partial charge in [0.25, 0.3) is 0 Å². The van der Waals surface area contributed by atoms with Crippen LogP contribution in [0.1, 0.15) is 21.7 Å². The SMILES string of the molecule is COc1cc(C)c2[nH]c(C)nc2c1C=O. The summed E-state index contributed by atoms with van der Waals surface area (Å²) in [6, 6.07) is 1.84. The van der Waals surface area contributed by atoms with E-state index in [4.69, 9.17) is 4.74 Å². The minimum Gasteiger partial charge on any atom is -0.496 e. The number of imidazole rings is 1. The first kappa shape index (κ1) is 9.71. The quantitative estimate of drug-likeness (QED) is 0.761. The van der Waals surface area contributed by atoms with Crippen LogP contribution in [0.5, 0.6) is 5.75 Å². The summed E-state index contributed by atoms with van der Waals surface area (Å²) < 4.78 is 5.15. The van der Waals surface area contributed by atoms with Gasteiger partial charge in [-0.15, -0.1) is 0 Å². The van der Waals surface area contributed by atoms with Gasteiger partial charge >= 0.3 is 0 Å². The van der Waals surface area contributed by atoms with Crippen LogP contribution in [0.2, 0.25) is 0 Å². The lowest BCUT2D eigenvalue weighted by Gasteiger charge is -2.05. The Hall–Kier alpha value is -1.84. The first-order valence-electron chi connectivity index (χ1n) is 4.66. The molecule has 0 saturated carbocycles. The molecule has 2 rings (SSSR count). The maximum absolute atomic E-state index is 11.0. The maximum atomic E-state index is 11.0. The second kappa shape index (κ2) is 3.38. The van der Waals surface area contributed by atoms with Crippen molar-refractivity contribution in [3.05, 3.63) is 23.0 Å². The Labute approximate surface area is 87.3 Å². The molecule has 0 aliphatic heterocycles.